The number of aromatic nitrogens is 2. The van der Waals surface area contributed by atoms with Crippen LogP contribution < -0.4 is 15.4 Å². The molecule has 4 rings (SSSR count). The second-order valence-corrected chi connectivity index (χ2v) is 7.63. The summed E-state index contributed by atoms with van der Waals surface area (Å²) in [4.78, 5) is 22.2. The molecule has 0 aliphatic carbocycles. The predicted octanol–water partition coefficient (Wildman–Crippen LogP) is 3.95. The fraction of sp³-hybridized carbons (Fsp3) is 0.190. The number of hydrogen-bond acceptors (Lipinski definition) is 6. The summed E-state index contributed by atoms with van der Waals surface area (Å²) < 4.78 is 6.53. The van der Waals surface area contributed by atoms with Crippen LogP contribution >= 0.6 is 15.9 Å². The van der Waals surface area contributed by atoms with Crippen LogP contribution in [0.4, 0.5) is 17.2 Å². The molecule has 1 amide bonds. The van der Waals surface area contributed by atoms with E-state index in [1.807, 2.05) is 36.4 Å². The van der Waals surface area contributed by atoms with E-state index in [9.17, 15) is 4.79 Å². The van der Waals surface area contributed by atoms with Gasteiger partial charge in [0.2, 0.25) is 5.91 Å². The summed E-state index contributed by atoms with van der Waals surface area (Å²) in [5.74, 6) is 1.34. The van der Waals surface area contributed by atoms with Gasteiger partial charge in [0.25, 0.3) is 0 Å². The van der Waals surface area contributed by atoms with Gasteiger partial charge in [-0.2, -0.15) is 0 Å². The fourth-order valence-corrected chi connectivity index (χ4v) is 3.67. The highest BCUT2D eigenvalue weighted by Crippen LogP contribution is 2.34. The van der Waals surface area contributed by atoms with Crippen LogP contribution in [0.25, 0.3) is 10.9 Å². The van der Waals surface area contributed by atoms with Crippen LogP contribution in [0, 0.1) is 0 Å². The highest BCUT2D eigenvalue weighted by atomic mass is 79.9. The maximum absolute atomic E-state index is 11.7. The van der Waals surface area contributed by atoms with Crippen molar-refractivity contribution in [2.75, 3.05) is 30.8 Å². The number of carbonyl (C=O) groups is 1. The van der Waals surface area contributed by atoms with E-state index in [4.69, 9.17) is 4.74 Å². The first-order chi connectivity index (χ1) is 14.1. The molecule has 148 valence electrons. The number of anilines is 3. The highest BCUT2D eigenvalue weighted by Gasteiger charge is 2.29. The first kappa shape index (κ1) is 19.2. The molecule has 0 spiro atoms. The molecule has 1 aliphatic heterocycles. The standard InChI is InChI=1S/C21H20BrN5O2/c1-3-20(28)27-10-15(11-27)25-18-8-16-17(9-19(18)29-2)23-12-24-21(16)26-14-6-4-5-13(22)7-14/h3-9,12,15,25H,1,10-11H2,2H3,(H,23,24,26). The molecule has 1 aromatic heterocycles. The van der Waals surface area contributed by atoms with Crippen molar-refractivity contribution >= 4 is 49.9 Å². The largest absolute Gasteiger partial charge is 0.495 e. The Kier molecular flexibility index (Phi) is 5.35. The molecular formula is C21H20BrN5O2. The molecule has 0 radical (unpaired) electrons. The normalized spacial score (nSPS) is 13.7. The summed E-state index contributed by atoms with van der Waals surface area (Å²) in [6.07, 6.45) is 2.87. The zero-order valence-electron chi connectivity index (χ0n) is 15.9. The lowest BCUT2D eigenvalue weighted by molar-refractivity contribution is -0.129. The molecule has 3 aromatic rings. The number of nitrogens with zero attached hydrogens (tertiary/aromatic N) is 3. The number of hydrogen-bond donors (Lipinski definition) is 2. The van der Waals surface area contributed by atoms with Crippen LogP contribution in [-0.2, 0) is 4.79 Å². The van der Waals surface area contributed by atoms with Crippen molar-refractivity contribution in [3.63, 3.8) is 0 Å². The molecular weight excluding hydrogens is 434 g/mol. The zero-order valence-corrected chi connectivity index (χ0v) is 17.4. The van der Waals surface area contributed by atoms with Crippen LogP contribution in [0.2, 0.25) is 0 Å². The summed E-state index contributed by atoms with van der Waals surface area (Å²) in [7, 11) is 1.63. The number of fused-ring (bicyclic) bond motifs is 1. The molecule has 29 heavy (non-hydrogen) atoms. The number of likely N-dealkylation sites (tertiary alicyclic amines) is 1. The molecule has 1 fully saturated rings. The van der Waals surface area contributed by atoms with Crippen LogP contribution in [0.15, 0.2) is 59.9 Å². The molecule has 8 heteroatoms. The molecule has 0 saturated carbocycles. The van der Waals surface area contributed by atoms with Gasteiger partial charge >= 0.3 is 0 Å². The van der Waals surface area contributed by atoms with Crippen molar-refractivity contribution in [3.05, 3.63) is 59.9 Å². The Morgan fingerprint density at radius 1 is 1.31 bits per heavy atom. The van der Waals surface area contributed by atoms with Gasteiger partial charge < -0.3 is 20.3 Å². The van der Waals surface area contributed by atoms with Crippen LogP contribution in [0.1, 0.15) is 0 Å². The number of amides is 1. The average molecular weight is 454 g/mol. The molecule has 2 N–H and O–H groups in total. The summed E-state index contributed by atoms with van der Waals surface area (Å²) >= 11 is 3.48. The van der Waals surface area contributed by atoms with Crippen LogP contribution in [-0.4, -0.2) is 47.0 Å². The molecule has 1 aliphatic rings. The molecule has 1 saturated heterocycles. The lowest BCUT2D eigenvalue weighted by atomic mass is 10.1. The van der Waals surface area contributed by atoms with E-state index < -0.39 is 0 Å². The number of halogens is 1. The second-order valence-electron chi connectivity index (χ2n) is 6.72. The summed E-state index contributed by atoms with van der Waals surface area (Å²) in [6, 6.07) is 11.9. The van der Waals surface area contributed by atoms with E-state index in [1.165, 1.54) is 12.4 Å². The van der Waals surface area contributed by atoms with Crippen molar-refractivity contribution in [3.8, 4) is 5.75 Å². The van der Waals surface area contributed by atoms with Gasteiger partial charge in [0, 0.05) is 34.7 Å². The molecule has 0 bridgehead atoms. The van der Waals surface area contributed by atoms with Gasteiger partial charge in [-0.1, -0.05) is 28.6 Å². The third-order valence-electron chi connectivity index (χ3n) is 4.77. The monoisotopic (exact) mass is 453 g/mol. The van der Waals surface area contributed by atoms with Crippen molar-refractivity contribution in [1.82, 2.24) is 14.9 Å². The van der Waals surface area contributed by atoms with Crippen LogP contribution in [0.3, 0.4) is 0 Å². The Labute approximate surface area is 176 Å². The highest BCUT2D eigenvalue weighted by molar-refractivity contribution is 9.10. The summed E-state index contributed by atoms with van der Waals surface area (Å²) in [5.41, 5.74) is 2.53. The molecule has 0 atom stereocenters. The van der Waals surface area contributed by atoms with Gasteiger partial charge in [0.05, 0.1) is 24.4 Å². The first-order valence-electron chi connectivity index (χ1n) is 9.10. The number of rotatable bonds is 6. The van der Waals surface area contributed by atoms with E-state index in [-0.39, 0.29) is 11.9 Å². The smallest absolute Gasteiger partial charge is 0.246 e. The molecule has 7 nitrogen and oxygen atoms in total. The Hall–Kier alpha value is -3.13. The maximum Gasteiger partial charge on any atom is 0.246 e. The zero-order chi connectivity index (χ0) is 20.4. The summed E-state index contributed by atoms with van der Waals surface area (Å²) in [5, 5.41) is 7.67. The SMILES string of the molecule is C=CC(=O)N1CC(Nc2cc3c(Nc4cccc(Br)c4)ncnc3cc2OC)C1. The second kappa shape index (κ2) is 8.08. The van der Waals surface area contributed by atoms with E-state index in [1.54, 1.807) is 12.0 Å². The van der Waals surface area contributed by atoms with Crippen molar-refractivity contribution in [1.29, 1.82) is 0 Å². The number of methoxy groups -OCH3 is 1. The lowest BCUT2D eigenvalue weighted by Gasteiger charge is -2.39. The Bertz CT molecular complexity index is 1080. The Morgan fingerprint density at radius 2 is 2.14 bits per heavy atom. The number of benzene rings is 2. The van der Waals surface area contributed by atoms with Gasteiger partial charge in [-0.3, -0.25) is 4.79 Å². The Morgan fingerprint density at radius 3 is 2.86 bits per heavy atom. The minimum Gasteiger partial charge on any atom is -0.495 e. The maximum atomic E-state index is 11.7. The molecule has 2 heterocycles. The third-order valence-corrected chi connectivity index (χ3v) is 5.26. The van der Waals surface area contributed by atoms with Gasteiger partial charge in [-0.15, -0.1) is 0 Å². The average Bonchev–Trinajstić information content (AvgIpc) is 2.69. The van der Waals surface area contributed by atoms with Gasteiger partial charge in [0.15, 0.2) is 0 Å². The lowest BCUT2D eigenvalue weighted by Crippen LogP contribution is -2.56. The van der Waals surface area contributed by atoms with Crippen molar-refractivity contribution in [2.45, 2.75) is 6.04 Å². The topological polar surface area (TPSA) is 79.4 Å². The fourth-order valence-electron chi connectivity index (χ4n) is 3.27. The number of ether oxygens (including phenoxy) is 1. The summed E-state index contributed by atoms with van der Waals surface area (Å²) in [6.45, 7) is 4.78. The van der Waals surface area contributed by atoms with Crippen molar-refractivity contribution < 1.29 is 9.53 Å². The number of carbonyl (C=O) groups excluding carboxylic acids is 1. The Balaban J connectivity index is 1.63. The van der Waals surface area contributed by atoms with Gasteiger partial charge in [0.1, 0.15) is 17.9 Å². The van der Waals surface area contributed by atoms with Crippen LogP contribution in [0.5, 0.6) is 5.75 Å². The number of nitrogens with one attached hydrogen (secondary N) is 2. The van der Waals surface area contributed by atoms with Gasteiger partial charge in [-0.25, -0.2) is 9.97 Å². The van der Waals surface area contributed by atoms with Gasteiger partial charge in [-0.05, 0) is 30.3 Å². The van der Waals surface area contributed by atoms with E-state index in [2.05, 4.69) is 43.1 Å². The van der Waals surface area contributed by atoms with E-state index in [0.717, 1.165) is 26.8 Å². The minimum absolute atomic E-state index is 0.0533. The van der Waals surface area contributed by atoms with E-state index in [0.29, 0.717) is 24.7 Å². The molecule has 2 aromatic carbocycles. The quantitative estimate of drug-likeness (QED) is 0.550. The minimum atomic E-state index is -0.0533. The van der Waals surface area contributed by atoms with E-state index >= 15 is 0 Å². The predicted molar refractivity (Wildman–Crippen MR) is 118 cm³/mol. The molecule has 0 unspecified atom stereocenters. The third kappa shape index (κ3) is 4.02. The van der Waals surface area contributed by atoms with Crippen molar-refractivity contribution in [2.24, 2.45) is 0 Å². The first-order valence-corrected chi connectivity index (χ1v) is 9.90.